The van der Waals surface area contributed by atoms with Crippen LogP contribution in [0.15, 0.2) is 48.5 Å². The van der Waals surface area contributed by atoms with Crippen molar-refractivity contribution in [3.05, 3.63) is 64.7 Å². The van der Waals surface area contributed by atoms with Gasteiger partial charge >= 0.3 is 0 Å². The number of nitrogens with one attached hydrogen (secondary N) is 1. The molecule has 6 heteroatoms. The van der Waals surface area contributed by atoms with Crippen molar-refractivity contribution in [3.63, 3.8) is 0 Å². The van der Waals surface area contributed by atoms with Gasteiger partial charge in [0.05, 0.1) is 5.02 Å². The lowest BCUT2D eigenvalue weighted by atomic mass is 10.1. The summed E-state index contributed by atoms with van der Waals surface area (Å²) in [5.74, 6) is 0.0161. The minimum Gasteiger partial charge on any atom is -0.482 e. The Morgan fingerprint density at radius 1 is 1.14 bits per heavy atom. The smallest absolute Gasteiger partial charge is 0.261 e. The zero-order valence-electron chi connectivity index (χ0n) is 16.6. The van der Waals surface area contributed by atoms with E-state index in [-0.39, 0.29) is 18.4 Å². The van der Waals surface area contributed by atoms with Gasteiger partial charge in [0.1, 0.15) is 11.8 Å². The first-order chi connectivity index (χ1) is 13.5. The van der Waals surface area contributed by atoms with Crippen LogP contribution in [0.4, 0.5) is 0 Å². The number of halogens is 1. The van der Waals surface area contributed by atoms with Gasteiger partial charge in [-0.1, -0.05) is 60.5 Å². The van der Waals surface area contributed by atoms with Gasteiger partial charge in [-0.3, -0.25) is 9.59 Å². The van der Waals surface area contributed by atoms with E-state index in [1.165, 1.54) is 0 Å². The zero-order valence-corrected chi connectivity index (χ0v) is 17.3. The Balaban J connectivity index is 2.21. The third kappa shape index (κ3) is 5.99. The molecular weight excluding hydrogens is 376 g/mol. The highest BCUT2D eigenvalue weighted by Gasteiger charge is 2.28. The highest BCUT2D eigenvalue weighted by molar-refractivity contribution is 6.32. The van der Waals surface area contributed by atoms with Gasteiger partial charge in [0, 0.05) is 13.1 Å². The maximum Gasteiger partial charge on any atom is 0.261 e. The summed E-state index contributed by atoms with van der Waals surface area (Å²) in [4.78, 5) is 27.1. The molecule has 2 rings (SSSR count). The van der Waals surface area contributed by atoms with E-state index in [4.69, 9.17) is 16.3 Å². The Morgan fingerprint density at radius 3 is 2.54 bits per heavy atom. The number of amides is 2. The molecular formula is C22H27ClN2O3. The maximum absolute atomic E-state index is 13.0. The Labute approximate surface area is 171 Å². The number of nitrogens with zero attached hydrogens (tertiary/aromatic N) is 1. The van der Waals surface area contributed by atoms with E-state index in [1.807, 2.05) is 45.0 Å². The van der Waals surface area contributed by atoms with Crippen LogP contribution >= 0.6 is 11.6 Å². The van der Waals surface area contributed by atoms with E-state index in [1.54, 1.807) is 29.2 Å². The fraction of sp³-hybridized carbons (Fsp3) is 0.364. The molecule has 1 N–H and O–H groups in total. The van der Waals surface area contributed by atoms with E-state index in [0.717, 1.165) is 11.1 Å². The molecule has 0 aliphatic rings. The SMILES string of the molecule is CCNC(=O)[C@H](CC)N(Cc1cccc(C)c1)C(=O)COc1ccccc1Cl. The van der Waals surface area contributed by atoms with Gasteiger partial charge in [-0.2, -0.15) is 0 Å². The van der Waals surface area contributed by atoms with Crippen molar-refractivity contribution in [2.75, 3.05) is 13.2 Å². The van der Waals surface area contributed by atoms with Crippen LogP contribution in [0.25, 0.3) is 0 Å². The van der Waals surface area contributed by atoms with Crippen LogP contribution in [0.5, 0.6) is 5.75 Å². The molecule has 2 amide bonds. The molecule has 2 aromatic rings. The minimum atomic E-state index is -0.567. The van der Waals surface area contributed by atoms with Crippen molar-refractivity contribution in [1.29, 1.82) is 0 Å². The van der Waals surface area contributed by atoms with E-state index < -0.39 is 6.04 Å². The Morgan fingerprint density at radius 2 is 1.89 bits per heavy atom. The van der Waals surface area contributed by atoms with Crippen LogP contribution in [0.1, 0.15) is 31.4 Å². The van der Waals surface area contributed by atoms with Gasteiger partial charge in [0.2, 0.25) is 5.91 Å². The molecule has 1 atom stereocenters. The average molecular weight is 403 g/mol. The first-order valence-corrected chi connectivity index (χ1v) is 9.84. The predicted molar refractivity (Wildman–Crippen MR) is 111 cm³/mol. The zero-order chi connectivity index (χ0) is 20.5. The van der Waals surface area contributed by atoms with Crippen molar-refractivity contribution in [2.24, 2.45) is 0 Å². The number of aryl methyl sites for hydroxylation is 1. The van der Waals surface area contributed by atoms with E-state index >= 15 is 0 Å². The summed E-state index contributed by atoms with van der Waals surface area (Å²) in [6, 6.07) is 14.3. The van der Waals surface area contributed by atoms with Crippen molar-refractivity contribution < 1.29 is 14.3 Å². The van der Waals surface area contributed by atoms with Crippen LogP contribution in [0, 0.1) is 6.92 Å². The van der Waals surface area contributed by atoms with Crippen molar-refractivity contribution in [1.82, 2.24) is 10.2 Å². The summed E-state index contributed by atoms with van der Waals surface area (Å²) in [6.07, 6.45) is 0.509. The normalized spacial score (nSPS) is 11.6. The van der Waals surface area contributed by atoms with Gasteiger partial charge in [0.15, 0.2) is 6.61 Å². The number of hydrogen-bond acceptors (Lipinski definition) is 3. The molecule has 0 saturated carbocycles. The molecule has 0 spiro atoms. The highest BCUT2D eigenvalue weighted by Crippen LogP contribution is 2.23. The average Bonchev–Trinajstić information content (AvgIpc) is 2.67. The van der Waals surface area contributed by atoms with Crippen LogP contribution in [0.3, 0.4) is 0 Å². The molecule has 150 valence electrons. The highest BCUT2D eigenvalue weighted by atomic mass is 35.5. The third-order valence-electron chi connectivity index (χ3n) is 4.36. The summed E-state index contributed by atoms with van der Waals surface area (Å²) in [7, 11) is 0. The molecule has 0 aliphatic carbocycles. The first-order valence-electron chi connectivity index (χ1n) is 9.46. The number of rotatable bonds is 9. The number of ether oxygens (including phenoxy) is 1. The lowest BCUT2D eigenvalue weighted by molar-refractivity contribution is -0.142. The minimum absolute atomic E-state index is 0.163. The summed E-state index contributed by atoms with van der Waals surface area (Å²) >= 11 is 6.10. The lowest BCUT2D eigenvalue weighted by Crippen LogP contribution is -2.50. The third-order valence-corrected chi connectivity index (χ3v) is 4.67. The molecule has 0 unspecified atom stereocenters. The molecule has 0 saturated heterocycles. The predicted octanol–water partition coefficient (Wildman–Crippen LogP) is 3.97. The number of likely N-dealkylation sites (N-methyl/N-ethyl adjacent to an activating group) is 1. The first kappa shape index (κ1) is 21.8. The molecule has 0 aromatic heterocycles. The molecule has 5 nitrogen and oxygen atoms in total. The summed E-state index contributed by atoms with van der Waals surface area (Å²) in [5.41, 5.74) is 2.07. The van der Waals surface area contributed by atoms with Crippen LogP contribution in [-0.2, 0) is 16.1 Å². The van der Waals surface area contributed by atoms with Crippen LogP contribution < -0.4 is 10.1 Å². The fourth-order valence-corrected chi connectivity index (χ4v) is 3.19. The van der Waals surface area contributed by atoms with Gasteiger partial charge < -0.3 is 15.0 Å². The number of benzene rings is 2. The molecule has 2 aromatic carbocycles. The van der Waals surface area contributed by atoms with Crippen LogP contribution in [0.2, 0.25) is 5.02 Å². The quantitative estimate of drug-likeness (QED) is 0.690. The lowest BCUT2D eigenvalue weighted by Gasteiger charge is -2.30. The molecule has 0 aliphatic heterocycles. The topological polar surface area (TPSA) is 58.6 Å². The van der Waals surface area contributed by atoms with E-state index in [2.05, 4.69) is 5.32 Å². The number of carbonyl (C=O) groups excluding carboxylic acids is 2. The Kier molecular flexibility index (Phi) is 8.33. The van der Waals surface area contributed by atoms with Gasteiger partial charge in [-0.25, -0.2) is 0 Å². The van der Waals surface area contributed by atoms with Crippen molar-refractivity contribution >= 4 is 23.4 Å². The summed E-state index contributed by atoms with van der Waals surface area (Å²) in [6.45, 7) is 6.41. The molecule has 0 radical (unpaired) electrons. The molecule has 0 heterocycles. The second-order valence-electron chi connectivity index (χ2n) is 6.55. The number of hydrogen-bond donors (Lipinski definition) is 1. The number of carbonyl (C=O) groups is 2. The summed E-state index contributed by atoms with van der Waals surface area (Å²) < 4.78 is 5.62. The maximum atomic E-state index is 13.0. The summed E-state index contributed by atoms with van der Waals surface area (Å²) in [5, 5.41) is 3.26. The Bertz CT molecular complexity index is 810. The second kappa shape index (κ2) is 10.7. The number of para-hydroxylation sites is 1. The molecule has 0 fully saturated rings. The Hall–Kier alpha value is -2.53. The standard InChI is InChI=1S/C22H27ClN2O3/c1-4-19(22(27)24-5-2)25(14-17-10-8-9-16(3)13-17)21(26)15-28-20-12-7-6-11-18(20)23/h6-13,19H,4-5,14-15H2,1-3H3,(H,24,27)/t19-/m0/s1. The fourth-order valence-electron chi connectivity index (χ4n) is 3.00. The monoisotopic (exact) mass is 402 g/mol. The van der Waals surface area contributed by atoms with E-state index in [0.29, 0.717) is 30.3 Å². The molecule has 28 heavy (non-hydrogen) atoms. The largest absolute Gasteiger partial charge is 0.482 e. The van der Waals surface area contributed by atoms with Crippen LogP contribution in [-0.4, -0.2) is 35.9 Å². The van der Waals surface area contributed by atoms with Crippen molar-refractivity contribution in [2.45, 2.75) is 39.8 Å². The van der Waals surface area contributed by atoms with Gasteiger partial charge in [0.25, 0.3) is 5.91 Å². The second-order valence-corrected chi connectivity index (χ2v) is 6.96. The molecule has 0 bridgehead atoms. The van der Waals surface area contributed by atoms with E-state index in [9.17, 15) is 9.59 Å². The van der Waals surface area contributed by atoms with Crippen molar-refractivity contribution in [3.8, 4) is 5.75 Å². The van der Waals surface area contributed by atoms with Gasteiger partial charge in [-0.05, 0) is 38.0 Å². The van der Waals surface area contributed by atoms with Gasteiger partial charge in [-0.15, -0.1) is 0 Å².